The molecule has 2 aromatic carbocycles. The number of carbonyl (C=O) groups excluding carboxylic acids is 2. The van der Waals surface area contributed by atoms with Crippen LogP contribution in [0.3, 0.4) is 0 Å². The average molecular weight is 411 g/mol. The molecule has 4 N–H and O–H groups in total. The van der Waals surface area contributed by atoms with E-state index in [0.717, 1.165) is 15.6 Å². The molecule has 1 atom stereocenters. The van der Waals surface area contributed by atoms with E-state index < -0.39 is 12.1 Å². The predicted octanol–water partition coefficient (Wildman–Crippen LogP) is 4.15. The zero-order chi connectivity index (χ0) is 17.7. The van der Waals surface area contributed by atoms with Crippen LogP contribution >= 0.6 is 27.5 Å². The Labute approximate surface area is 153 Å². The Morgan fingerprint density at radius 3 is 2.62 bits per heavy atom. The van der Waals surface area contributed by atoms with Crippen LogP contribution in [0.1, 0.15) is 23.6 Å². The number of nitrogens with one attached hydrogen (secondary N) is 2. The molecular formula is C17H17BrClN3O2. The normalized spacial score (nSPS) is 11.6. The van der Waals surface area contributed by atoms with E-state index in [2.05, 4.69) is 26.6 Å². The van der Waals surface area contributed by atoms with Gasteiger partial charge in [-0.2, -0.15) is 0 Å². The fraction of sp³-hybridized carbons (Fsp3) is 0.176. The second-order valence-electron chi connectivity index (χ2n) is 5.33. The molecule has 0 radical (unpaired) electrons. The van der Waals surface area contributed by atoms with Crippen molar-refractivity contribution < 1.29 is 9.59 Å². The molecular weight excluding hydrogens is 394 g/mol. The van der Waals surface area contributed by atoms with Crippen molar-refractivity contribution in [1.82, 2.24) is 5.32 Å². The molecule has 0 aliphatic rings. The lowest BCUT2D eigenvalue weighted by molar-refractivity contribution is -0.116. The summed E-state index contributed by atoms with van der Waals surface area (Å²) in [5.74, 6) is -0.256. The summed E-state index contributed by atoms with van der Waals surface area (Å²) in [4.78, 5) is 23.5. The Hall–Kier alpha value is -2.05. The van der Waals surface area contributed by atoms with Gasteiger partial charge in [-0.1, -0.05) is 45.7 Å². The topological polar surface area (TPSA) is 84.2 Å². The van der Waals surface area contributed by atoms with Gasteiger partial charge in [-0.25, -0.2) is 4.79 Å². The lowest BCUT2D eigenvalue weighted by Crippen LogP contribution is -2.35. The Balaban J connectivity index is 2.12. The van der Waals surface area contributed by atoms with Crippen LogP contribution in [0.4, 0.5) is 10.5 Å². The van der Waals surface area contributed by atoms with Crippen molar-refractivity contribution in [3.63, 3.8) is 0 Å². The van der Waals surface area contributed by atoms with Crippen molar-refractivity contribution in [2.24, 2.45) is 5.73 Å². The van der Waals surface area contributed by atoms with Gasteiger partial charge >= 0.3 is 6.03 Å². The molecule has 3 amide bonds. The summed E-state index contributed by atoms with van der Waals surface area (Å²) in [6.07, 6.45) is 0.0465. The summed E-state index contributed by atoms with van der Waals surface area (Å²) >= 11 is 9.43. The molecule has 0 aliphatic heterocycles. The van der Waals surface area contributed by atoms with E-state index in [1.807, 2.05) is 37.3 Å². The summed E-state index contributed by atoms with van der Waals surface area (Å²) in [5.41, 5.74) is 7.53. The summed E-state index contributed by atoms with van der Waals surface area (Å²) in [7, 11) is 0. The van der Waals surface area contributed by atoms with Gasteiger partial charge in [0, 0.05) is 15.2 Å². The summed E-state index contributed by atoms with van der Waals surface area (Å²) in [6.45, 7) is 1.88. The number of benzene rings is 2. The van der Waals surface area contributed by atoms with Crippen LogP contribution in [0.2, 0.25) is 5.02 Å². The van der Waals surface area contributed by atoms with E-state index in [0.29, 0.717) is 10.7 Å². The zero-order valence-electron chi connectivity index (χ0n) is 13.0. The number of anilines is 1. The molecule has 5 nitrogen and oxygen atoms in total. The number of amides is 3. The lowest BCUT2D eigenvalue weighted by Gasteiger charge is -2.18. The smallest absolute Gasteiger partial charge is 0.312 e. The van der Waals surface area contributed by atoms with E-state index in [9.17, 15) is 9.59 Å². The molecule has 0 saturated heterocycles. The van der Waals surface area contributed by atoms with Crippen molar-refractivity contribution in [2.75, 3.05) is 5.32 Å². The molecule has 0 fully saturated rings. The first kappa shape index (κ1) is 18.3. The van der Waals surface area contributed by atoms with Crippen LogP contribution in [0.5, 0.6) is 0 Å². The van der Waals surface area contributed by atoms with E-state index in [-0.39, 0.29) is 12.3 Å². The number of aryl methyl sites for hydroxylation is 1. The zero-order valence-corrected chi connectivity index (χ0v) is 15.3. The van der Waals surface area contributed by atoms with Crippen LogP contribution < -0.4 is 16.4 Å². The number of nitrogens with two attached hydrogens (primary N) is 1. The number of halogens is 2. The molecule has 0 aliphatic carbocycles. The van der Waals surface area contributed by atoms with E-state index in [1.165, 1.54) is 0 Å². The standard InChI is InChI=1S/C17H17BrClN3O2/c1-10-5-6-13(8-14(10)19)21-16(23)9-15(22-17(20)24)11-3-2-4-12(18)7-11/h2-8,15H,9H2,1H3,(H,21,23)(H3,20,22,24). The highest BCUT2D eigenvalue weighted by Gasteiger charge is 2.18. The molecule has 24 heavy (non-hydrogen) atoms. The number of urea groups is 1. The Kier molecular flexibility index (Phi) is 6.23. The van der Waals surface area contributed by atoms with Gasteiger partial charge in [0.25, 0.3) is 0 Å². The van der Waals surface area contributed by atoms with Gasteiger partial charge in [0.15, 0.2) is 0 Å². The first-order valence-electron chi connectivity index (χ1n) is 7.22. The predicted molar refractivity (Wildman–Crippen MR) is 99.0 cm³/mol. The number of hydrogen-bond acceptors (Lipinski definition) is 2. The van der Waals surface area contributed by atoms with Gasteiger partial charge in [-0.3, -0.25) is 4.79 Å². The maximum atomic E-state index is 12.3. The second-order valence-corrected chi connectivity index (χ2v) is 6.66. The summed E-state index contributed by atoms with van der Waals surface area (Å²) < 4.78 is 0.849. The highest BCUT2D eigenvalue weighted by atomic mass is 79.9. The highest BCUT2D eigenvalue weighted by Crippen LogP contribution is 2.23. The number of carbonyl (C=O) groups is 2. The molecule has 0 bridgehead atoms. The third kappa shape index (κ3) is 5.25. The Morgan fingerprint density at radius 1 is 1.25 bits per heavy atom. The summed E-state index contributed by atoms with van der Waals surface area (Å²) in [6, 6.07) is 11.4. The quantitative estimate of drug-likeness (QED) is 0.692. The minimum Gasteiger partial charge on any atom is -0.352 e. The third-order valence-corrected chi connectivity index (χ3v) is 4.31. The fourth-order valence-electron chi connectivity index (χ4n) is 2.22. The van der Waals surface area contributed by atoms with E-state index in [1.54, 1.807) is 12.1 Å². The van der Waals surface area contributed by atoms with Crippen molar-refractivity contribution in [1.29, 1.82) is 0 Å². The number of rotatable bonds is 5. The van der Waals surface area contributed by atoms with Gasteiger partial charge in [0.2, 0.25) is 5.91 Å². The van der Waals surface area contributed by atoms with Gasteiger partial charge < -0.3 is 16.4 Å². The monoisotopic (exact) mass is 409 g/mol. The Bertz CT molecular complexity index is 767. The number of hydrogen-bond donors (Lipinski definition) is 3. The molecule has 2 aromatic rings. The molecule has 0 heterocycles. The first-order valence-corrected chi connectivity index (χ1v) is 8.39. The fourth-order valence-corrected chi connectivity index (χ4v) is 2.81. The molecule has 0 saturated carbocycles. The minimum absolute atomic E-state index is 0.0465. The maximum absolute atomic E-state index is 12.3. The van der Waals surface area contributed by atoms with Gasteiger partial charge in [0.05, 0.1) is 12.5 Å². The summed E-state index contributed by atoms with van der Waals surface area (Å²) in [5, 5.41) is 5.94. The van der Waals surface area contributed by atoms with Crippen LogP contribution in [-0.2, 0) is 4.79 Å². The van der Waals surface area contributed by atoms with Crippen molar-refractivity contribution in [3.05, 3.63) is 63.1 Å². The Morgan fingerprint density at radius 2 is 2.00 bits per heavy atom. The minimum atomic E-state index is -0.689. The molecule has 126 valence electrons. The lowest BCUT2D eigenvalue weighted by atomic mass is 10.0. The van der Waals surface area contributed by atoms with Crippen LogP contribution in [0.15, 0.2) is 46.9 Å². The van der Waals surface area contributed by atoms with Crippen LogP contribution in [0, 0.1) is 6.92 Å². The molecule has 0 aromatic heterocycles. The van der Waals surface area contributed by atoms with Crippen molar-refractivity contribution in [2.45, 2.75) is 19.4 Å². The van der Waals surface area contributed by atoms with E-state index >= 15 is 0 Å². The maximum Gasteiger partial charge on any atom is 0.312 e. The number of primary amides is 1. The van der Waals surface area contributed by atoms with Gasteiger partial charge in [-0.15, -0.1) is 0 Å². The third-order valence-electron chi connectivity index (χ3n) is 3.41. The SMILES string of the molecule is Cc1ccc(NC(=O)CC(NC(N)=O)c2cccc(Br)c2)cc1Cl. The van der Waals surface area contributed by atoms with Crippen LogP contribution in [0.25, 0.3) is 0 Å². The van der Waals surface area contributed by atoms with E-state index in [4.69, 9.17) is 17.3 Å². The molecule has 7 heteroatoms. The van der Waals surface area contributed by atoms with Crippen LogP contribution in [-0.4, -0.2) is 11.9 Å². The second kappa shape index (κ2) is 8.17. The van der Waals surface area contributed by atoms with Gasteiger partial charge in [0.1, 0.15) is 0 Å². The van der Waals surface area contributed by atoms with Crippen molar-refractivity contribution in [3.8, 4) is 0 Å². The van der Waals surface area contributed by atoms with Crippen molar-refractivity contribution >= 4 is 45.2 Å². The van der Waals surface area contributed by atoms with Gasteiger partial charge in [-0.05, 0) is 42.3 Å². The molecule has 1 unspecified atom stereocenters. The average Bonchev–Trinajstić information content (AvgIpc) is 2.50. The largest absolute Gasteiger partial charge is 0.352 e. The highest BCUT2D eigenvalue weighted by molar-refractivity contribution is 9.10. The molecule has 0 spiro atoms. The molecule has 2 rings (SSSR count). The first-order chi connectivity index (χ1) is 11.3.